The Morgan fingerprint density at radius 3 is 2.76 bits per heavy atom. The maximum absolute atomic E-state index is 11.7. The molecule has 0 spiro atoms. The maximum Gasteiger partial charge on any atom is 0.277 e. The van der Waals surface area contributed by atoms with Crippen molar-refractivity contribution >= 4 is 10.2 Å². The number of hydrogen-bond acceptors (Lipinski definition) is 4. The first-order valence-corrected chi connectivity index (χ1v) is 7.98. The molecule has 0 aliphatic carbocycles. The van der Waals surface area contributed by atoms with Crippen LogP contribution in [0.2, 0.25) is 0 Å². The smallest absolute Gasteiger partial charge is 0.277 e. The van der Waals surface area contributed by atoms with Crippen molar-refractivity contribution in [2.24, 2.45) is 0 Å². The predicted octanol–water partition coefficient (Wildman–Crippen LogP) is -0.00910. The number of hydrogen-bond donors (Lipinski definition) is 3. The van der Waals surface area contributed by atoms with Crippen molar-refractivity contribution in [3.8, 4) is 11.8 Å². The minimum absolute atomic E-state index is 0.00517. The Morgan fingerprint density at radius 2 is 2.05 bits per heavy atom. The van der Waals surface area contributed by atoms with E-state index in [1.807, 2.05) is 18.2 Å². The van der Waals surface area contributed by atoms with Crippen LogP contribution in [0.1, 0.15) is 17.5 Å². The van der Waals surface area contributed by atoms with Crippen LogP contribution in [0, 0.1) is 11.8 Å². The number of rotatable bonds is 8. The molecule has 0 radical (unpaired) electrons. The summed E-state index contributed by atoms with van der Waals surface area (Å²) in [7, 11) is -2.06. The van der Waals surface area contributed by atoms with E-state index in [0.717, 1.165) is 11.1 Å². The van der Waals surface area contributed by atoms with E-state index >= 15 is 0 Å². The standard InChI is InChI=1S/C14H20N2O4S/c1-20-11-9-15-21(18,19)16-12-14-8-3-2-6-13(14)7-4-5-10-17/h2-3,6,8,15-17H,5,9-12H2,1H3. The van der Waals surface area contributed by atoms with Gasteiger partial charge in [-0.15, -0.1) is 0 Å². The second kappa shape index (κ2) is 9.50. The van der Waals surface area contributed by atoms with Crippen LogP contribution in [0.5, 0.6) is 0 Å². The van der Waals surface area contributed by atoms with E-state index in [-0.39, 0.29) is 19.7 Å². The molecule has 3 N–H and O–H groups in total. The van der Waals surface area contributed by atoms with Crippen molar-refractivity contribution in [3.05, 3.63) is 35.4 Å². The molecule has 0 bridgehead atoms. The van der Waals surface area contributed by atoms with Crippen LogP contribution in [0.15, 0.2) is 24.3 Å². The van der Waals surface area contributed by atoms with Gasteiger partial charge in [-0.25, -0.2) is 0 Å². The highest BCUT2D eigenvalue weighted by Gasteiger charge is 2.09. The molecular formula is C14H20N2O4S. The Hall–Kier alpha value is -1.43. The first kappa shape index (κ1) is 17.6. The number of aliphatic hydroxyl groups is 1. The Kier molecular flexibility index (Phi) is 7.97. The number of methoxy groups -OCH3 is 1. The summed E-state index contributed by atoms with van der Waals surface area (Å²) in [6.07, 6.45) is 0.388. The average Bonchev–Trinajstić information content (AvgIpc) is 2.47. The molecule has 1 rings (SSSR count). The Balaban J connectivity index is 2.65. The van der Waals surface area contributed by atoms with Crippen molar-refractivity contribution in [2.45, 2.75) is 13.0 Å². The highest BCUT2D eigenvalue weighted by molar-refractivity contribution is 7.87. The van der Waals surface area contributed by atoms with E-state index in [4.69, 9.17) is 9.84 Å². The molecule has 0 saturated heterocycles. The third kappa shape index (κ3) is 7.22. The zero-order valence-corrected chi connectivity index (χ0v) is 12.7. The van der Waals surface area contributed by atoms with E-state index in [1.165, 1.54) is 7.11 Å². The Labute approximate surface area is 125 Å². The van der Waals surface area contributed by atoms with Crippen LogP contribution in [0.4, 0.5) is 0 Å². The van der Waals surface area contributed by atoms with Crippen molar-refractivity contribution in [1.29, 1.82) is 0 Å². The lowest BCUT2D eigenvalue weighted by molar-refractivity contribution is 0.204. The van der Waals surface area contributed by atoms with Crippen LogP contribution in [-0.2, 0) is 21.5 Å². The van der Waals surface area contributed by atoms with Crippen LogP contribution >= 0.6 is 0 Å². The van der Waals surface area contributed by atoms with Gasteiger partial charge in [0.05, 0.1) is 13.2 Å². The first-order chi connectivity index (χ1) is 10.1. The molecule has 1 aromatic carbocycles. The van der Waals surface area contributed by atoms with Crippen molar-refractivity contribution in [3.63, 3.8) is 0 Å². The summed E-state index contributed by atoms with van der Waals surface area (Å²) in [5.41, 5.74) is 1.52. The topological polar surface area (TPSA) is 87.7 Å². The summed E-state index contributed by atoms with van der Waals surface area (Å²) in [5, 5.41) is 8.71. The van der Waals surface area contributed by atoms with Crippen molar-refractivity contribution < 1.29 is 18.3 Å². The highest BCUT2D eigenvalue weighted by Crippen LogP contribution is 2.07. The first-order valence-electron chi connectivity index (χ1n) is 6.50. The summed E-state index contributed by atoms with van der Waals surface area (Å²) in [4.78, 5) is 0. The summed E-state index contributed by atoms with van der Waals surface area (Å²) in [6.45, 7) is 0.672. The predicted molar refractivity (Wildman–Crippen MR) is 80.7 cm³/mol. The van der Waals surface area contributed by atoms with Gasteiger partial charge in [0.2, 0.25) is 0 Å². The van der Waals surface area contributed by atoms with Crippen LogP contribution in [0.25, 0.3) is 0 Å². The second-order valence-electron chi connectivity index (χ2n) is 4.14. The molecule has 0 unspecified atom stereocenters. The fourth-order valence-corrected chi connectivity index (χ4v) is 2.31. The summed E-state index contributed by atoms with van der Waals surface area (Å²) >= 11 is 0. The quantitative estimate of drug-likeness (QED) is 0.465. The largest absolute Gasteiger partial charge is 0.395 e. The zero-order chi connectivity index (χ0) is 15.6. The van der Waals surface area contributed by atoms with Gasteiger partial charge in [-0.3, -0.25) is 0 Å². The molecule has 6 nitrogen and oxygen atoms in total. The number of nitrogens with one attached hydrogen (secondary N) is 2. The van der Waals surface area contributed by atoms with Gasteiger partial charge in [-0.1, -0.05) is 30.0 Å². The van der Waals surface area contributed by atoms with E-state index in [2.05, 4.69) is 21.3 Å². The van der Waals surface area contributed by atoms with Crippen molar-refractivity contribution in [2.75, 3.05) is 26.9 Å². The average molecular weight is 312 g/mol. The summed E-state index contributed by atoms with van der Waals surface area (Å²) < 4.78 is 33.0. The molecule has 0 aliphatic heterocycles. The minimum Gasteiger partial charge on any atom is -0.395 e. The number of aliphatic hydroxyl groups excluding tert-OH is 1. The SMILES string of the molecule is COCCNS(=O)(=O)NCc1ccccc1C#CCCO. The molecule has 0 amide bonds. The van der Waals surface area contributed by atoms with Gasteiger partial charge in [0.1, 0.15) is 0 Å². The molecule has 1 aromatic rings. The van der Waals surface area contributed by atoms with Gasteiger partial charge in [-0.05, 0) is 11.6 Å². The van der Waals surface area contributed by atoms with E-state index < -0.39 is 10.2 Å². The van der Waals surface area contributed by atoms with Gasteiger partial charge in [-0.2, -0.15) is 17.9 Å². The normalized spacial score (nSPS) is 11.0. The summed E-state index contributed by atoms with van der Waals surface area (Å²) in [5.74, 6) is 5.74. The lowest BCUT2D eigenvalue weighted by Crippen LogP contribution is -2.37. The molecule has 0 aromatic heterocycles. The van der Waals surface area contributed by atoms with Gasteiger partial charge in [0, 0.05) is 32.2 Å². The maximum atomic E-state index is 11.7. The molecular weight excluding hydrogens is 292 g/mol. The lowest BCUT2D eigenvalue weighted by Gasteiger charge is -2.09. The second-order valence-corrected chi connectivity index (χ2v) is 5.73. The minimum atomic E-state index is -3.56. The zero-order valence-electron chi connectivity index (χ0n) is 11.9. The van der Waals surface area contributed by atoms with E-state index in [1.54, 1.807) is 6.07 Å². The molecule has 7 heteroatoms. The Morgan fingerprint density at radius 1 is 1.29 bits per heavy atom. The summed E-state index contributed by atoms with van der Waals surface area (Å²) in [6, 6.07) is 7.27. The lowest BCUT2D eigenvalue weighted by atomic mass is 10.1. The molecule has 0 fully saturated rings. The van der Waals surface area contributed by atoms with Crippen LogP contribution in [-0.4, -0.2) is 40.4 Å². The van der Waals surface area contributed by atoms with Crippen LogP contribution in [0.3, 0.4) is 0 Å². The van der Waals surface area contributed by atoms with Gasteiger partial charge in [0.15, 0.2) is 0 Å². The van der Waals surface area contributed by atoms with Gasteiger partial charge >= 0.3 is 0 Å². The van der Waals surface area contributed by atoms with E-state index in [9.17, 15) is 8.42 Å². The van der Waals surface area contributed by atoms with E-state index in [0.29, 0.717) is 13.0 Å². The van der Waals surface area contributed by atoms with Crippen molar-refractivity contribution in [1.82, 2.24) is 9.44 Å². The molecule has 0 heterocycles. The third-order valence-electron chi connectivity index (χ3n) is 2.53. The van der Waals surface area contributed by atoms with Gasteiger partial charge < -0.3 is 9.84 Å². The fourth-order valence-electron chi connectivity index (χ4n) is 1.51. The molecule has 116 valence electrons. The van der Waals surface area contributed by atoms with Gasteiger partial charge in [0.25, 0.3) is 10.2 Å². The molecule has 21 heavy (non-hydrogen) atoms. The monoisotopic (exact) mass is 312 g/mol. The molecule has 0 saturated carbocycles. The van der Waals surface area contributed by atoms with Crippen LogP contribution < -0.4 is 9.44 Å². The number of ether oxygens (including phenoxy) is 1. The molecule has 0 atom stereocenters. The fraction of sp³-hybridized carbons (Fsp3) is 0.429. The Bertz CT molecular complexity index is 590. The third-order valence-corrected chi connectivity index (χ3v) is 3.64. The molecule has 0 aliphatic rings. The number of benzene rings is 1. The highest BCUT2D eigenvalue weighted by atomic mass is 32.2.